The van der Waals surface area contributed by atoms with Gasteiger partial charge < -0.3 is 5.32 Å². The van der Waals surface area contributed by atoms with Gasteiger partial charge in [0.25, 0.3) is 0 Å². The molecule has 0 atom stereocenters. The van der Waals surface area contributed by atoms with Gasteiger partial charge in [-0.15, -0.1) is 0 Å². The van der Waals surface area contributed by atoms with Crippen LogP contribution in [0.2, 0.25) is 10.0 Å². The molecule has 1 rings (SSSR count). The van der Waals surface area contributed by atoms with Crippen molar-refractivity contribution in [1.82, 2.24) is 10.0 Å². The average Bonchev–Trinajstić information content (AvgIpc) is 2.24. The van der Waals surface area contributed by atoms with Crippen LogP contribution in [0.5, 0.6) is 0 Å². The van der Waals surface area contributed by atoms with Gasteiger partial charge in [0.2, 0.25) is 10.0 Å². The molecule has 0 unspecified atom stereocenters. The Morgan fingerprint density at radius 2 is 1.76 bits per heavy atom. The van der Waals surface area contributed by atoms with E-state index in [9.17, 15) is 8.42 Å². The van der Waals surface area contributed by atoms with Crippen LogP contribution in [0.4, 0.5) is 0 Å². The van der Waals surface area contributed by atoms with Crippen LogP contribution in [0.1, 0.15) is 5.56 Å². The highest BCUT2D eigenvalue weighted by atomic mass is 35.5. The zero-order valence-corrected chi connectivity index (χ0v) is 11.7. The second-order valence-electron chi connectivity index (χ2n) is 3.46. The summed E-state index contributed by atoms with van der Waals surface area (Å²) in [6.07, 6.45) is 0. The topological polar surface area (TPSA) is 58.2 Å². The molecule has 4 nitrogen and oxygen atoms in total. The van der Waals surface area contributed by atoms with E-state index in [1.165, 1.54) is 0 Å². The maximum atomic E-state index is 11.7. The maximum Gasteiger partial charge on any atom is 0.215 e. The van der Waals surface area contributed by atoms with Crippen molar-refractivity contribution in [2.75, 3.05) is 20.1 Å². The molecular formula is C10H14Cl2N2O2S. The largest absolute Gasteiger partial charge is 0.318 e. The summed E-state index contributed by atoms with van der Waals surface area (Å²) in [5, 5.41) is 3.56. The fourth-order valence-corrected chi connectivity index (χ4v) is 3.14. The minimum absolute atomic E-state index is 0.213. The summed E-state index contributed by atoms with van der Waals surface area (Å²) in [5.74, 6) is -0.213. The number of likely N-dealkylation sites (N-methyl/N-ethyl adjacent to an activating group) is 1. The van der Waals surface area contributed by atoms with Gasteiger partial charge in [-0.3, -0.25) is 0 Å². The quantitative estimate of drug-likeness (QED) is 0.785. The number of benzene rings is 1. The van der Waals surface area contributed by atoms with Crippen LogP contribution in [0.15, 0.2) is 18.2 Å². The average molecular weight is 297 g/mol. The van der Waals surface area contributed by atoms with E-state index in [4.69, 9.17) is 23.2 Å². The molecule has 17 heavy (non-hydrogen) atoms. The Hall–Kier alpha value is -0.330. The molecule has 2 N–H and O–H groups in total. The summed E-state index contributed by atoms with van der Waals surface area (Å²) in [4.78, 5) is 0. The number of hydrogen-bond acceptors (Lipinski definition) is 3. The predicted molar refractivity (Wildman–Crippen MR) is 71.0 cm³/mol. The molecule has 0 spiro atoms. The minimum atomic E-state index is -3.41. The summed E-state index contributed by atoms with van der Waals surface area (Å²) in [7, 11) is -1.66. The molecule has 1 aromatic rings. The molecule has 7 heteroatoms. The standard InChI is InChI=1S/C10H14Cl2N2O2S/c1-13-5-6-14-17(15,16)7-8-9(11)3-2-4-10(8)12/h2-4,13-14H,5-7H2,1H3. The molecule has 0 radical (unpaired) electrons. The molecular weight excluding hydrogens is 283 g/mol. The molecule has 0 fully saturated rings. The van der Waals surface area contributed by atoms with E-state index in [1.807, 2.05) is 0 Å². The monoisotopic (exact) mass is 296 g/mol. The van der Waals surface area contributed by atoms with Gasteiger partial charge in [0.1, 0.15) is 0 Å². The minimum Gasteiger partial charge on any atom is -0.318 e. The summed E-state index contributed by atoms with van der Waals surface area (Å²) in [6.45, 7) is 0.899. The van der Waals surface area contributed by atoms with Crippen molar-refractivity contribution < 1.29 is 8.42 Å². The zero-order chi connectivity index (χ0) is 12.9. The van der Waals surface area contributed by atoms with Gasteiger partial charge in [-0.1, -0.05) is 29.3 Å². The highest BCUT2D eigenvalue weighted by Gasteiger charge is 2.15. The van der Waals surface area contributed by atoms with Crippen LogP contribution in [0.25, 0.3) is 0 Å². The number of sulfonamides is 1. The van der Waals surface area contributed by atoms with E-state index in [0.717, 1.165) is 0 Å². The summed E-state index contributed by atoms with van der Waals surface area (Å²) < 4.78 is 25.9. The third-order valence-electron chi connectivity index (χ3n) is 2.09. The molecule has 0 aliphatic heterocycles. The van der Waals surface area contributed by atoms with Crippen LogP contribution in [0.3, 0.4) is 0 Å². The third kappa shape index (κ3) is 4.81. The first-order chi connectivity index (χ1) is 7.96. The van der Waals surface area contributed by atoms with Crippen molar-refractivity contribution in [2.45, 2.75) is 5.75 Å². The molecule has 0 saturated heterocycles. The zero-order valence-electron chi connectivity index (χ0n) is 9.33. The summed E-state index contributed by atoms with van der Waals surface area (Å²) in [5.41, 5.74) is 0.424. The number of nitrogens with one attached hydrogen (secondary N) is 2. The lowest BCUT2D eigenvalue weighted by molar-refractivity contribution is 0.578. The van der Waals surface area contributed by atoms with Gasteiger partial charge in [0.05, 0.1) is 5.75 Å². The Balaban J connectivity index is 2.76. The molecule has 1 aromatic carbocycles. The van der Waals surface area contributed by atoms with Gasteiger partial charge in [-0.2, -0.15) is 0 Å². The van der Waals surface area contributed by atoms with Crippen molar-refractivity contribution in [3.05, 3.63) is 33.8 Å². The van der Waals surface area contributed by atoms with Gasteiger partial charge in [-0.25, -0.2) is 13.1 Å². The van der Waals surface area contributed by atoms with Crippen molar-refractivity contribution in [3.63, 3.8) is 0 Å². The van der Waals surface area contributed by atoms with E-state index < -0.39 is 10.0 Å². The molecule has 0 aliphatic carbocycles. The Bertz CT molecular complexity index is 457. The first-order valence-electron chi connectivity index (χ1n) is 5.01. The molecule has 0 bridgehead atoms. The van der Waals surface area contributed by atoms with Gasteiger partial charge in [0.15, 0.2) is 0 Å². The van der Waals surface area contributed by atoms with E-state index >= 15 is 0 Å². The van der Waals surface area contributed by atoms with E-state index in [2.05, 4.69) is 10.0 Å². The van der Waals surface area contributed by atoms with Crippen molar-refractivity contribution >= 4 is 33.2 Å². The molecule has 0 aliphatic rings. The van der Waals surface area contributed by atoms with Crippen LogP contribution >= 0.6 is 23.2 Å². The maximum absolute atomic E-state index is 11.7. The smallest absolute Gasteiger partial charge is 0.215 e. The van der Waals surface area contributed by atoms with E-state index in [-0.39, 0.29) is 5.75 Å². The fraction of sp³-hybridized carbons (Fsp3) is 0.400. The number of halogens is 2. The predicted octanol–water partition coefficient (Wildman–Crippen LogP) is 1.63. The molecule has 0 heterocycles. The molecule has 0 amide bonds. The number of rotatable bonds is 6. The van der Waals surface area contributed by atoms with Crippen LogP contribution in [-0.2, 0) is 15.8 Å². The van der Waals surface area contributed by atoms with E-state index in [0.29, 0.717) is 28.7 Å². The van der Waals surface area contributed by atoms with Gasteiger partial charge >= 0.3 is 0 Å². The first-order valence-corrected chi connectivity index (χ1v) is 7.42. The molecule has 96 valence electrons. The highest BCUT2D eigenvalue weighted by Crippen LogP contribution is 2.25. The number of hydrogen-bond donors (Lipinski definition) is 2. The Morgan fingerprint density at radius 3 is 2.29 bits per heavy atom. The van der Waals surface area contributed by atoms with Crippen molar-refractivity contribution in [1.29, 1.82) is 0 Å². The van der Waals surface area contributed by atoms with Crippen LogP contribution in [0, 0.1) is 0 Å². The molecule has 0 aromatic heterocycles. The second kappa shape index (κ2) is 6.56. The van der Waals surface area contributed by atoms with Crippen molar-refractivity contribution in [2.24, 2.45) is 0 Å². The Labute approximate surface area is 111 Å². The summed E-state index contributed by atoms with van der Waals surface area (Å²) in [6, 6.07) is 4.91. The van der Waals surface area contributed by atoms with Gasteiger partial charge in [0, 0.05) is 28.7 Å². The highest BCUT2D eigenvalue weighted by molar-refractivity contribution is 7.88. The van der Waals surface area contributed by atoms with Crippen LogP contribution in [-0.4, -0.2) is 28.6 Å². The lowest BCUT2D eigenvalue weighted by Gasteiger charge is -2.09. The Kier molecular flexibility index (Phi) is 5.69. The molecule has 0 saturated carbocycles. The summed E-state index contributed by atoms with van der Waals surface area (Å²) >= 11 is 11.8. The van der Waals surface area contributed by atoms with Crippen LogP contribution < -0.4 is 10.0 Å². The fourth-order valence-electron chi connectivity index (χ4n) is 1.24. The lowest BCUT2D eigenvalue weighted by atomic mass is 10.2. The first kappa shape index (κ1) is 14.7. The second-order valence-corrected chi connectivity index (χ2v) is 6.08. The SMILES string of the molecule is CNCCNS(=O)(=O)Cc1c(Cl)cccc1Cl. The Morgan fingerprint density at radius 1 is 1.18 bits per heavy atom. The van der Waals surface area contributed by atoms with Gasteiger partial charge in [-0.05, 0) is 19.2 Å². The lowest BCUT2D eigenvalue weighted by Crippen LogP contribution is -2.31. The normalized spacial score (nSPS) is 11.7. The van der Waals surface area contributed by atoms with E-state index in [1.54, 1.807) is 25.2 Å². The third-order valence-corrected chi connectivity index (χ3v) is 4.11. The van der Waals surface area contributed by atoms with Crippen molar-refractivity contribution in [3.8, 4) is 0 Å².